The third-order valence-corrected chi connectivity index (χ3v) is 4.46. The van der Waals surface area contributed by atoms with Crippen LogP contribution in [0.1, 0.15) is 22.7 Å². The van der Waals surface area contributed by atoms with Crippen LogP contribution < -0.4 is 11.4 Å². The van der Waals surface area contributed by atoms with Gasteiger partial charge in [-0.25, -0.2) is 4.79 Å². The maximum atomic E-state index is 11.4. The van der Waals surface area contributed by atoms with Crippen molar-refractivity contribution in [2.45, 2.75) is 13.0 Å². The summed E-state index contributed by atoms with van der Waals surface area (Å²) < 4.78 is 0.854. The fraction of sp³-hybridized carbons (Fsp3) is 0.133. The predicted molar refractivity (Wildman–Crippen MR) is 88.8 cm³/mol. The van der Waals surface area contributed by atoms with Crippen molar-refractivity contribution in [1.29, 1.82) is 0 Å². The van der Waals surface area contributed by atoms with Gasteiger partial charge in [0.1, 0.15) is 0 Å². The number of nitrogens with two attached hydrogens (primary N) is 1. The molecule has 1 heterocycles. The molecule has 6 heteroatoms. The number of aromatic amines is 2. The molecule has 3 rings (SSSR count). The second-order valence-electron chi connectivity index (χ2n) is 4.98. The molecule has 3 aromatic rings. The van der Waals surface area contributed by atoms with E-state index in [1.165, 1.54) is 0 Å². The lowest BCUT2D eigenvalue weighted by molar-refractivity contribution is 0.858. The molecule has 0 saturated carbocycles. The van der Waals surface area contributed by atoms with Gasteiger partial charge in [0.15, 0.2) is 0 Å². The van der Waals surface area contributed by atoms with Crippen LogP contribution in [0.4, 0.5) is 0 Å². The fourth-order valence-corrected chi connectivity index (χ4v) is 3.28. The van der Waals surface area contributed by atoms with Crippen LogP contribution in [0, 0.1) is 6.92 Å². The molecule has 0 radical (unpaired) electrons. The summed E-state index contributed by atoms with van der Waals surface area (Å²) in [6.07, 6.45) is 0. The fourth-order valence-electron chi connectivity index (χ4n) is 2.47. The van der Waals surface area contributed by atoms with Crippen molar-refractivity contribution in [3.63, 3.8) is 0 Å². The molecule has 0 aliphatic heterocycles. The molecular weight excluding hydrogens is 354 g/mol. The number of imidazole rings is 1. The maximum absolute atomic E-state index is 11.4. The van der Waals surface area contributed by atoms with Gasteiger partial charge in [0.25, 0.3) is 0 Å². The highest BCUT2D eigenvalue weighted by atomic mass is 79.9. The highest BCUT2D eigenvalue weighted by Crippen LogP contribution is 2.31. The monoisotopic (exact) mass is 365 g/mol. The van der Waals surface area contributed by atoms with Crippen LogP contribution in [-0.2, 0) is 0 Å². The van der Waals surface area contributed by atoms with Crippen molar-refractivity contribution in [1.82, 2.24) is 9.97 Å². The summed E-state index contributed by atoms with van der Waals surface area (Å²) in [6.45, 7) is 1.98. The van der Waals surface area contributed by atoms with Gasteiger partial charge in [0.2, 0.25) is 0 Å². The van der Waals surface area contributed by atoms with E-state index in [1.807, 2.05) is 37.3 Å². The van der Waals surface area contributed by atoms with Crippen LogP contribution in [0.25, 0.3) is 11.0 Å². The number of aryl methyl sites for hydroxylation is 1. The number of rotatable bonds is 2. The average Bonchev–Trinajstić information content (AvgIpc) is 2.76. The first kappa shape index (κ1) is 14.4. The molecule has 0 spiro atoms. The van der Waals surface area contributed by atoms with Gasteiger partial charge in [-0.2, -0.15) is 0 Å². The third-order valence-electron chi connectivity index (χ3n) is 3.54. The number of hydrogen-bond acceptors (Lipinski definition) is 2. The summed E-state index contributed by atoms with van der Waals surface area (Å²) in [6, 6.07) is 9.08. The van der Waals surface area contributed by atoms with Crippen LogP contribution in [0.3, 0.4) is 0 Å². The molecule has 0 amide bonds. The summed E-state index contributed by atoms with van der Waals surface area (Å²) in [7, 11) is 0. The van der Waals surface area contributed by atoms with Crippen molar-refractivity contribution in [2.24, 2.45) is 5.73 Å². The Labute approximate surface area is 134 Å². The normalized spacial score (nSPS) is 12.8. The van der Waals surface area contributed by atoms with E-state index in [0.29, 0.717) is 5.02 Å². The molecule has 108 valence electrons. The van der Waals surface area contributed by atoms with Gasteiger partial charge in [0.05, 0.1) is 17.1 Å². The Kier molecular flexibility index (Phi) is 3.65. The second kappa shape index (κ2) is 5.33. The molecule has 0 aliphatic carbocycles. The summed E-state index contributed by atoms with van der Waals surface area (Å²) in [5, 5.41) is 0.688. The number of hydrogen-bond donors (Lipinski definition) is 3. The highest BCUT2D eigenvalue weighted by molar-refractivity contribution is 9.10. The minimum absolute atomic E-state index is 0.231. The van der Waals surface area contributed by atoms with E-state index >= 15 is 0 Å². The smallest absolute Gasteiger partial charge is 0.320 e. The quantitative estimate of drug-likeness (QED) is 0.648. The molecular formula is C15H13BrClN3O. The van der Waals surface area contributed by atoms with Gasteiger partial charge in [0, 0.05) is 9.50 Å². The Balaban J connectivity index is 2.14. The molecule has 21 heavy (non-hydrogen) atoms. The van der Waals surface area contributed by atoms with E-state index in [1.54, 1.807) is 0 Å². The zero-order chi connectivity index (χ0) is 15.1. The van der Waals surface area contributed by atoms with E-state index < -0.39 is 0 Å². The number of H-pyrrole nitrogens is 2. The SMILES string of the molecule is Cc1cc(Cl)ccc1C(N)c1cc2[nH]c(=O)[nH]c2cc1Br. The zero-order valence-corrected chi connectivity index (χ0v) is 13.5. The summed E-state index contributed by atoms with van der Waals surface area (Å²) in [5.41, 5.74) is 10.6. The number of benzene rings is 2. The van der Waals surface area contributed by atoms with E-state index in [-0.39, 0.29) is 11.7 Å². The van der Waals surface area contributed by atoms with Crippen LogP contribution in [-0.4, -0.2) is 9.97 Å². The second-order valence-corrected chi connectivity index (χ2v) is 6.27. The molecule has 4 nitrogen and oxygen atoms in total. The first-order valence-electron chi connectivity index (χ1n) is 6.39. The van der Waals surface area contributed by atoms with Crippen molar-refractivity contribution < 1.29 is 0 Å². The molecule has 0 saturated heterocycles. The lowest BCUT2D eigenvalue weighted by Crippen LogP contribution is -2.14. The Morgan fingerprint density at radius 3 is 2.48 bits per heavy atom. The van der Waals surface area contributed by atoms with Crippen molar-refractivity contribution in [3.05, 3.63) is 67.0 Å². The van der Waals surface area contributed by atoms with Crippen molar-refractivity contribution >= 4 is 38.6 Å². The minimum atomic E-state index is -0.306. The van der Waals surface area contributed by atoms with Gasteiger partial charge in [-0.05, 0) is 47.9 Å². The Hall–Kier alpha value is -1.56. The number of fused-ring (bicyclic) bond motifs is 1. The summed E-state index contributed by atoms with van der Waals surface area (Å²) >= 11 is 9.51. The standard InChI is InChI=1S/C15H13BrClN3O/c1-7-4-8(17)2-3-9(7)14(18)10-5-12-13(6-11(10)16)20-15(21)19-12/h2-6,14H,18H2,1H3,(H2,19,20,21). The Bertz CT molecular complexity index is 884. The molecule has 2 aromatic carbocycles. The Morgan fingerprint density at radius 2 is 1.81 bits per heavy atom. The summed E-state index contributed by atoms with van der Waals surface area (Å²) in [5.74, 6) is 0. The predicted octanol–water partition coefficient (Wildman–Crippen LogP) is 3.63. The lowest BCUT2D eigenvalue weighted by Gasteiger charge is -2.17. The molecule has 0 bridgehead atoms. The van der Waals surface area contributed by atoms with E-state index in [2.05, 4.69) is 25.9 Å². The molecule has 1 unspecified atom stereocenters. The van der Waals surface area contributed by atoms with Gasteiger partial charge in [-0.3, -0.25) is 0 Å². The molecule has 0 fully saturated rings. The van der Waals surface area contributed by atoms with Crippen LogP contribution in [0.5, 0.6) is 0 Å². The summed E-state index contributed by atoms with van der Waals surface area (Å²) in [4.78, 5) is 16.8. The van der Waals surface area contributed by atoms with Gasteiger partial charge >= 0.3 is 5.69 Å². The van der Waals surface area contributed by atoms with E-state index in [9.17, 15) is 4.79 Å². The van der Waals surface area contributed by atoms with E-state index in [4.69, 9.17) is 17.3 Å². The highest BCUT2D eigenvalue weighted by Gasteiger charge is 2.16. The number of aromatic nitrogens is 2. The first-order chi connectivity index (χ1) is 9.95. The van der Waals surface area contributed by atoms with Crippen molar-refractivity contribution in [2.75, 3.05) is 0 Å². The third kappa shape index (κ3) is 2.64. The van der Waals surface area contributed by atoms with Gasteiger partial charge in [-0.1, -0.05) is 33.6 Å². The van der Waals surface area contributed by atoms with E-state index in [0.717, 1.165) is 32.2 Å². The largest absolute Gasteiger partial charge is 0.323 e. The van der Waals surface area contributed by atoms with Gasteiger partial charge in [-0.15, -0.1) is 0 Å². The topological polar surface area (TPSA) is 74.7 Å². The van der Waals surface area contributed by atoms with Crippen LogP contribution in [0.15, 0.2) is 39.6 Å². The Morgan fingerprint density at radius 1 is 1.14 bits per heavy atom. The molecule has 0 aliphatic rings. The lowest BCUT2D eigenvalue weighted by atomic mass is 9.95. The number of nitrogens with one attached hydrogen (secondary N) is 2. The average molecular weight is 367 g/mol. The first-order valence-corrected chi connectivity index (χ1v) is 7.56. The number of halogens is 2. The van der Waals surface area contributed by atoms with Crippen LogP contribution >= 0.6 is 27.5 Å². The zero-order valence-electron chi connectivity index (χ0n) is 11.2. The van der Waals surface area contributed by atoms with Crippen LogP contribution in [0.2, 0.25) is 5.02 Å². The minimum Gasteiger partial charge on any atom is -0.320 e. The maximum Gasteiger partial charge on any atom is 0.323 e. The van der Waals surface area contributed by atoms with Gasteiger partial charge < -0.3 is 15.7 Å². The molecule has 1 atom stereocenters. The molecule has 1 aromatic heterocycles. The molecule has 4 N–H and O–H groups in total. The van der Waals surface area contributed by atoms with Crippen molar-refractivity contribution in [3.8, 4) is 0 Å².